The fraction of sp³-hybridized carbons (Fsp3) is 0.118. The number of H-pyrrole nitrogens is 1. The van der Waals surface area contributed by atoms with Gasteiger partial charge in [-0.15, -0.1) is 0 Å². The highest BCUT2D eigenvalue weighted by Gasteiger charge is 2.12. The number of aromatic amines is 1. The van der Waals surface area contributed by atoms with E-state index in [2.05, 4.69) is 15.0 Å². The molecule has 0 unspecified atom stereocenters. The van der Waals surface area contributed by atoms with E-state index in [1.165, 1.54) is 0 Å². The first-order chi connectivity index (χ1) is 10.3. The van der Waals surface area contributed by atoms with Crippen molar-refractivity contribution in [3.8, 4) is 22.6 Å². The van der Waals surface area contributed by atoms with Gasteiger partial charge in [-0.25, -0.2) is 0 Å². The zero-order valence-corrected chi connectivity index (χ0v) is 11.7. The zero-order valence-electron chi connectivity index (χ0n) is 11.7. The molecule has 0 amide bonds. The third kappa shape index (κ3) is 2.60. The van der Waals surface area contributed by atoms with Crippen molar-refractivity contribution in [2.75, 3.05) is 0 Å². The summed E-state index contributed by atoms with van der Waals surface area (Å²) in [5.74, 6) is 0.588. The van der Waals surface area contributed by atoms with Gasteiger partial charge in [0, 0.05) is 29.1 Å². The first kappa shape index (κ1) is 13.2. The van der Waals surface area contributed by atoms with Crippen LogP contribution in [-0.2, 0) is 6.42 Å². The van der Waals surface area contributed by atoms with Gasteiger partial charge in [0.25, 0.3) is 5.56 Å². The summed E-state index contributed by atoms with van der Waals surface area (Å²) in [6.07, 6.45) is 4.07. The molecule has 0 spiro atoms. The van der Waals surface area contributed by atoms with Crippen LogP contribution in [0.2, 0.25) is 0 Å². The molecule has 3 rings (SSSR count). The lowest BCUT2D eigenvalue weighted by Crippen LogP contribution is -2.16. The number of hydrogen-bond acceptors (Lipinski definition) is 3. The van der Waals surface area contributed by atoms with Gasteiger partial charge in [-0.05, 0) is 18.6 Å². The van der Waals surface area contributed by atoms with Crippen LogP contribution >= 0.6 is 0 Å². The van der Waals surface area contributed by atoms with Crippen molar-refractivity contribution in [2.45, 2.75) is 13.3 Å². The topological polar surface area (TPSA) is 58.6 Å². The molecule has 0 atom stereocenters. The minimum Gasteiger partial charge on any atom is -0.339 e. The van der Waals surface area contributed by atoms with Crippen molar-refractivity contribution in [1.29, 1.82) is 0 Å². The molecule has 104 valence electrons. The number of nitrogens with one attached hydrogen (secondary N) is 1. The first-order valence-electron chi connectivity index (χ1n) is 6.88. The highest BCUT2D eigenvalue weighted by Crippen LogP contribution is 2.22. The highest BCUT2D eigenvalue weighted by atomic mass is 16.1. The second-order valence-electron chi connectivity index (χ2n) is 4.70. The summed E-state index contributed by atoms with van der Waals surface area (Å²) in [7, 11) is 0. The van der Waals surface area contributed by atoms with Gasteiger partial charge >= 0.3 is 0 Å². The normalized spacial score (nSPS) is 10.5. The van der Waals surface area contributed by atoms with Crippen LogP contribution in [0.25, 0.3) is 22.6 Å². The molecular weight excluding hydrogens is 262 g/mol. The van der Waals surface area contributed by atoms with E-state index in [1.54, 1.807) is 12.4 Å². The Morgan fingerprint density at radius 2 is 1.71 bits per heavy atom. The van der Waals surface area contributed by atoms with Crippen LogP contribution in [-0.4, -0.2) is 15.0 Å². The summed E-state index contributed by atoms with van der Waals surface area (Å²) in [6.45, 7) is 1.96. The van der Waals surface area contributed by atoms with E-state index in [4.69, 9.17) is 0 Å². The van der Waals surface area contributed by atoms with E-state index in [1.807, 2.05) is 49.4 Å². The van der Waals surface area contributed by atoms with Crippen LogP contribution in [0.4, 0.5) is 0 Å². The highest BCUT2D eigenvalue weighted by molar-refractivity contribution is 5.66. The van der Waals surface area contributed by atoms with E-state index in [-0.39, 0.29) is 5.56 Å². The van der Waals surface area contributed by atoms with E-state index >= 15 is 0 Å². The van der Waals surface area contributed by atoms with Crippen LogP contribution in [0.15, 0.2) is 59.7 Å². The fourth-order valence-electron chi connectivity index (χ4n) is 2.32. The van der Waals surface area contributed by atoms with Gasteiger partial charge in [0.05, 0.1) is 5.69 Å². The van der Waals surface area contributed by atoms with Crippen LogP contribution in [0.1, 0.15) is 12.5 Å². The second kappa shape index (κ2) is 5.71. The molecule has 1 N–H and O–H groups in total. The van der Waals surface area contributed by atoms with Crippen molar-refractivity contribution >= 4 is 0 Å². The van der Waals surface area contributed by atoms with Gasteiger partial charge in [0.15, 0.2) is 0 Å². The Bertz CT molecular complexity index is 795. The quantitative estimate of drug-likeness (QED) is 0.800. The summed E-state index contributed by atoms with van der Waals surface area (Å²) in [4.78, 5) is 23.8. The predicted molar refractivity (Wildman–Crippen MR) is 82.9 cm³/mol. The van der Waals surface area contributed by atoms with E-state index in [0.29, 0.717) is 17.8 Å². The Kier molecular flexibility index (Phi) is 3.60. The van der Waals surface area contributed by atoms with E-state index < -0.39 is 0 Å². The van der Waals surface area contributed by atoms with Gasteiger partial charge in [0.2, 0.25) is 0 Å². The molecule has 0 aliphatic rings. The first-order valence-corrected chi connectivity index (χ1v) is 6.88. The Morgan fingerprint density at radius 1 is 1.00 bits per heavy atom. The summed E-state index contributed by atoms with van der Waals surface area (Å²) < 4.78 is 0. The molecule has 0 aliphatic heterocycles. The van der Waals surface area contributed by atoms with Crippen molar-refractivity contribution in [3.63, 3.8) is 0 Å². The maximum Gasteiger partial charge on any atom is 0.276 e. The summed E-state index contributed by atoms with van der Waals surface area (Å²) in [5.41, 5.74) is 3.17. The average Bonchev–Trinajstić information content (AvgIpc) is 2.55. The summed E-state index contributed by atoms with van der Waals surface area (Å²) in [6, 6.07) is 13.4. The zero-order chi connectivity index (χ0) is 14.7. The van der Waals surface area contributed by atoms with E-state index in [0.717, 1.165) is 16.8 Å². The number of pyridine rings is 1. The van der Waals surface area contributed by atoms with Gasteiger partial charge in [-0.3, -0.25) is 9.78 Å². The summed E-state index contributed by atoms with van der Waals surface area (Å²) in [5, 5.41) is 0. The standard InChI is InChI=1S/C17H15N3O/c1-2-14-15(12-8-10-18-11-9-12)19-16(20-17(14)21)13-6-4-3-5-7-13/h3-11H,2H2,1H3,(H,19,20,21). The number of aromatic nitrogens is 3. The Labute approximate surface area is 122 Å². The van der Waals surface area contributed by atoms with Crippen LogP contribution in [0.3, 0.4) is 0 Å². The Hall–Kier alpha value is -2.75. The monoisotopic (exact) mass is 277 g/mol. The van der Waals surface area contributed by atoms with Crippen LogP contribution in [0, 0.1) is 0 Å². The molecule has 0 bridgehead atoms. The molecule has 3 aromatic rings. The molecule has 0 radical (unpaired) electrons. The van der Waals surface area contributed by atoms with Crippen LogP contribution < -0.4 is 5.56 Å². The number of nitrogens with zero attached hydrogens (tertiary/aromatic N) is 2. The maximum absolute atomic E-state index is 12.3. The second-order valence-corrected chi connectivity index (χ2v) is 4.70. The number of benzene rings is 1. The van der Waals surface area contributed by atoms with Gasteiger partial charge in [-0.2, -0.15) is 4.98 Å². The third-order valence-electron chi connectivity index (χ3n) is 3.39. The molecular formula is C17H15N3O. The molecule has 4 heteroatoms. The van der Waals surface area contributed by atoms with Crippen molar-refractivity contribution in [1.82, 2.24) is 15.0 Å². The third-order valence-corrected chi connectivity index (χ3v) is 3.39. The lowest BCUT2D eigenvalue weighted by atomic mass is 10.1. The fourth-order valence-corrected chi connectivity index (χ4v) is 2.32. The molecule has 1 aromatic carbocycles. The molecule has 2 heterocycles. The van der Waals surface area contributed by atoms with Gasteiger partial charge in [-0.1, -0.05) is 37.3 Å². The van der Waals surface area contributed by atoms with Crippen molar-refractivity contribution < 1.29 is 0 Å². The largest absolute Gasteiger partial charge is 0.339 e. The van der Waals surface area contributed by atoms with E-state index in [9.17, 15) is 4.79 Å². The summed E-state index contributed by atoms with van der Waals surface area (Å²) >= 11 is 0. The van der Waals surface area contributed by atoms with Gasteiger partial charge < -0.3 is 4.98 Å². The Balaban J connectivity index is 2.23. The number of hydrogen-bond donors (Lipinski definition) is 1. The molecule has 0 saturated carbocycles. The van der Waals surface area contributed by atoms with Crippen LogP contribution in [0.5, 0.6) is 0 Å². The molecule has 4 nitrogen and oxygen atoms in total. The molecule has 0 fully saturated rings. The number of rotatable bonds is 3. The lowest BCUT2D eigenvalue weighted by molar-refractivity contribution is 1.02. The van der Waals surface area contributed by atoms with Gasteiger partial charge in [0.1, 0.15) is 5.82 Å². The molecule has 21 heavy (non-hydrogen) atoms. The lowest BCUT2D eigenvalue weighted by Gasteiger charge is -2.10. The molecule has 0 aliphatic carbocycles. The predicted octanol–water partition coefficient (Wildman–Crippen LogP) is 3.06. The van der Waals surface area contributed by atoms with Crippen molar-refractivity contribution in [2.24, 2.45) is 0 Å². The smallest absolute Gasteiger partial charge is 0.276 e. The SMILES string of the molecule is CCc1c(-c2ccncc2)[nH]c(-c2ccccc2)nc1=O. The average molecular weight is 277 g/mol. The molecule has 2 aromatic heterocycles. The Morgan fingerprint density at radius 3 is 2.38 bits per heavy atom. The maximum atomic E-state index is 12.3. The minimum atomic E-state index is -0.179. The molecule has 0 saturated heterocycles. The van der Waals surface area contributed by atoms with Crippen molar-refractivity contribution in [3.05, 3.63) is 70.8 Å². The minimum absolute atomic E-state index is 0.179.